The molecule has 3 aromatic carbocycles. The number of urea groups is 1. The summed E-state index contributed by atoms with van der Waals surface area (Å²) in [5.74, 6) is 0. The van der Waals surface area contributed by atoms with Crippen molar-refractivity contribution in [2.24, 2.45) is 5.10 Å². The minimum atomic E-state index is -4.43. The molecule has 3 aromatic rings. The van der Waals surface area contributed by atoms with Crippen molar-refractivity contribution >= 4 is 23.1 Å². The molecule has 1 unspecified atom stereocenters. The first-order chi connectivity index (χ1) is 15.3. The summed E-state index contributed by atoms with van der Waals surface area (Å²) in [6.45, 7) is 2.03. The quantitative estimate of drug-likeness (QED) is 0.433. The zero-order chi connectivity index (χ0) is 22.7. The summed E-state index contributed by atoms with van der Waals surface area (Å²) in [7, 11) is 0. The Morgan fingerprint density at radius 3 is 2.38 bits per heavy atom. The average molecular weight is 438 g/mol. The van der Waals surface area contributed by atoms with Gasteiger partial charge in [-0.1, -0.05) is 48.0 Å². The molecule has 0 saturated carbocycles. The Bertz CT molecular complexity index is 1140. The van der Waals surface area contributed by atoms with Crippen molar-refractivity contribution in [1.29, 1.82) is 0 Å². The zero-order valence-corrected chi connectivity index (χ0v) is 17.2. The van der Waals surface area contributed by atoms with Gasteiger partial charge in [-0.05, 0) is 42.8 Å². The monoisotopic (exact) mass is 438 g/mol. The van der Waals surface area contributed by atoms with E-state index in [2.05, 4.69) is 33.3 Å². The molecule has 1 atom stereocenters. The fraction of sp³-hybridized carbons (Fsp3) is 0.167. The topological polar surface area (TPSA) is 65.5 Å². The largest absolute Gasteiger partial charge is 0.416 e. The second kappa shape index (κ2) is 8.74. The Balaban J connectivity index is 1.49. The van der Waals surface area contributed by atoms with Crippen LogP contribution in [0.4, 0.5) is 29.3 Å². The second-order valence-electron chi connectivity index (χ2n) is 7.56. The van der Waals surface area contributed by atoms with Gasteiger partial charge in [-0.3, -0.25) is 0 Å². The first-order valence-electron chi connectivity index (χ1n) is 10.0. The van der Waals surface area contributed by atoms with Crippen LogP contribution < -0.4 is 16.1 Å². The molecule has 0 fully saturated rings. The molecule has 164 valence electrons. The van der Waals surface area contributed by atoms with Crippen LogP contribution in [-0.4, -0.2) is 11.7 Å². The highest BCUT2D eigenvalue weighted by atomic mass is 19.4. The molecule has 1 heterocycles. The number of nitrogens with zero attached hydrogens (tertiary/aromatic N) is 1. The van der Waals surface area contributed by atoms with Crippen LogP contribution >= 0.6 is 0 Å². The van der Waals surface area contributed by atoms with Gasteiger partial charge in [0.15, 0.2) is 0 Å². The molecule has 5 nitrogen and oxygen atoms in total. The number of alkyl halides is 3. The fourth-order valence-electron chi connectivity index (χ4n) is 3.53. The SMILES string of the molecule is Cc1ccc(C2CC(=NNC(=O)Nc3ccc(C(F)(F)F)cc3)c3ccccc3N2)cc1. The van der Waals surface area contributed by atoms with Crippen molar-refractivity contribution in [3.63, 3.8) is 0 Å². The number of amides is 2. The molecule has 8 heteroatoms. The maximum Gasteiger partial charge on any atom is 0.416 e. The van der Waals surface area contributed by atoms with Crippen LogP contribution in [0.25, 0.3) is 0 Å². The van der Waals surface area contributed by atoms with Crippen molar-refractivity contribution < 1.29 is 18.0 Å². The summed E-state index contributed by atoms with van der Waals surface area (Å²) in [6.07, 6.45) is -3.87. The van der Waals surface area contributed by atoms with Crippen molar-refractivity contribution in [3.05, 3.63) is 95.1 Å². The van der Waals surface area contributed by atoms with Crippen LogP contribution in [0, 0.1) is 6.92 Å². The number of aryl methyl sites for hydroxylation is 1. The third-order valence-electron chi connectivity index (χ3n) is 5.21. The maximum atomic E-state index is 12.7. The number of carbonyl (C=O) groups is 1. The fourth-order valence-corrected chi connectivity index (χ4v) is 3.53. The molecule has 1 aliphatic rings. The predicted octanol–water partition coefficient (Wildman–Crippen LogP) is 6.10. The van der Waals surface area contributed by atoms with Crippen LogP contribution in [0.5, 0.6) is 0 Å². The lowest BCUT2D eigenvalue weighted by Crippen LogP contribution is -2.29. The smallest absolute Gasteiger partial charge is 0.377 e. The van der Waals surface area contributed by atoms with E-state index in [4.69, 9.17) is 0 Å². The van der Waals surface area contributed by atoms with Gasteiger partial charge in [-0.2, -0.15) is 18.3 Å². The number of fused-ring (bicyclic) bond motifs is 1. The van der Waals surface area contributed by atoms with Gasteiger partial charge in [-0.15, -0.1) is 0 Å². The van der Waals surface area contributed by atoms with Crippen LogP contribution in [0.3, 0.4) is 0 Å². The molecular formula is C24H21F3N4O. The van der Waals surface area contributed by atoms with Gasteiger partial charge < -0.3 is 10.6 Å². The molecule has 0 saturated heterocycles. The maximum absolute atomic E-state index is 12.7. The minimum Gasteiger partial charge on any atom is -0.377 e. The van der Waals surface area contributed by atoms with E-state index in [9.17, 15) is 18.0 Å². The number of hydrazone groups is 1. The van der Waals surface area contributed by atoms with E-state index in [0.717, 1.165) is 28.9 Å². The van der Waals surface area contributed by atoms with Crippen molar-refractivity contribution in [1.82, 2.24) is 5.43 Å². The lowest BCUT2D eigenvalue weighted by molar-refractivity contribution is -0.137. The van der Waals surface area contributed by atoms with Crippen LogP contribution in [-0.2, 0) is 6.18 Å². The summed E-state index contributed by atoms with van der Waals surface area (Å²) in [4.78, 5) is 12.3. The molecule has 0 bridgehead atoms. The van der Waals surface area contributed by atoms with Crippen LogP contribution in [0.15, 0.2) is 77.9 Å². The second-order valence-corrected chi connectivity index (χ2v) is 7.56. The minimum absolute atomic E-state index is 0.0102. The Hall–Kier alpha value is -3.81. The molecule has 3 N–H and O–H groups in total. The number of hydrogen-bond donors (Lipinski definition) is 3. The highest BCUT2D eigenvalue weighted by molar-refractivity contribution is 6.07. The van der Waals surface area contributed by atoms with Crippen molar-refractivity contribution in [2.75, 3.05) is 10.6 Å². The Morgan fingerprint density at radius 2 is 1.69 bits per heavy atom. The number of halogens is 3. The van der Waals surface area contributed by atoms with E-state index in [1.54, 1.807) is 0 Å². The zero-order valence-electron chi connectivity index (χ0n) is 17.2. The number of carbonyl (C=O) groups excluding carboxylic acids is 1. The molecule has 32 heavy (non-hydrogen) atoms. The number of anilines is 2. The van der Waals surface area contributed by atoms with E-state index in [0.29, 0.717) is 12.1 Å². The molecular weight excluding hydrogens is 417 g/mol. The third-order valence-corrected chi connectivity index (χ3v) is 5.21. The van der Waals surface area contributed by atoms with E-state index >= 15 is 0 Å². The Kier molecular flexibility index (Phi) is 5.85. The van der Waals surface area contributed by atoms with Gasteiger partial charge in [0, 0.05) is 23.4 Å². The molecule has 1 aliphatic heterocycles. The summed E-state index contributed by atoms with van der Waals surface area (Å²) in [5.41, 5.74) is 6.67. The molecule has 0 aromatic heterocycles. The first-order valence-corrected chi connectivity index (χ1v) is 10.0. The lowest BCUT2D eigenvalue weighted by atomic mass is 9.91. The van der Waals surface area contributed by atoms with E-state index in [1.807, 2.05) is 43.3 Å². The van der Waals surface area contributed by atoms with Crippen LogP contribution in [0.2, 0.25) is 0 Å². The van der Waals surface area contributed by atoms with E-state index in [-0.39, 0.29) is 11.7 Å². The molecule has 0 spiro atoms. The Labute approximate surface area is 183 Å². The molecule has 0 radical (unpaired) electrons. The summed E-state index contributed by atoms with van der Waals surface area (Å²) >= 11 is 0. The third kappa shape index (κ3) is 4.91. The summed E-state index contributed by atoms with van der Waals surface area (Å²) in [5, 5.41) is 10.3. The normalized spacial score (nSPS) is 16.8. The van der Waals surface area contributed by atoms with Crippen molar-refractivity contribution in [3.8, 4) is 0 Å². The predicted molar refractivity (Wildman–Crippen MR) is 119 cm³/mol. The standard InChI is InChI=1S/C24H21F3N4O/c1-15-6-8-16(9-7-15)21-14-22(19-4-2-3-5-20(19)29-21)30-31-23(32)28-18-12-10-17(11-13-18)24(25,26)27/h2-13,21,29H,14H2,1H3,(H2,28,31,32). The van der Waals surface area contributed by atoms with Gasteiger partial charge in [0.25, 0.3) is 0 Å². The van der Waals surface area contributed by atoms with E-state index in [1.165, 1.54) is 17.7 Å². The number of rotatable bonds is 3. The molecule has 4 rings (SSSR count). The van der Waals surface area contributed by atoms with Crippen LogP contribution in [0.1, 0.15) is 34.7 Å². The highest BCUT2D eigenvalue weighted by Gasteiger charge is 2.30. The number of para-hydroxylation sites is 1. The Morgan fingerprint density at radius 1 is 1.00 bits per heavy atom. The van der Waals surface area contributed by atoms with Gasteiger partial charge in [0.05, 0.1) is 17.3 Å². The average Bonchev–Trinajstić information content (AvgIpc) is 2.77. The van der Waals surface area contributed by atoms with E-state index < -0.39 is 17.8 Å². The van der Waals surface area contributed by atoms with Gasteiger partial charge in [0.2, 0.25) is 0 Å². The number of hydrogen-bond acceptors (Lipinski definition) is 3. The number of nitrogens with one attached hydrogen (secondary N) is 3. The first kappa shape index (κ1) is 21.4. The molecule has 0 aliphatic carbocycles. The van der Waals surface area contributed by atoms with Gasteiger partial charge >= 0.3 is 12.2 Å². The highest BCUT2D eigenvalue weighted by Crippen LogP contribution is 2.33. The summed E-state index contributed by atoms with van der Waals surface area (Å²) in [6, 6.07) is 19.5. The number of benzene rings is 3. The van der Waals surface area contributed by atoms with Gasteiger partial charge in [-0.25, -0.2) is 10.2 Å². The summed E-state index contributed by atoms with van der Waals surface area (Å²) < 4.78 is 38.0. The molecule has 2 amide bonds. The van der Waals surface area contributed by atoms with Gasteiger partial charge in [0.1, 0.15) is 0 Å². The lowest BCUT2D eigenvalue weighted by Gasteiger charge is -2.28. The van der Waals surface area contributed by atoms with Crippen molar-refractivity contribution in [2.45, 2.75) is 25.6 Å².